The second-order valence-corrected chi connectivity index (χ2v) is 5.27. The summed E-state index contributed by atoms with van der Waals surface area (Å²) in [5, 5.41) is 6.19. The predicted molar refractivity (Wildman–Crippen MR) is 73.9 cm³/mol. The average molecular weight is 285 g/mol. The molecule has 104 valence electrons. The molecule has 1 amide bonds. The van der Waals surface area contributed by atoms with Crippen molar-refractivity contribution in [3.63, 3.8) is 0 Å². The standard InChI is InChI=1S/C14H17FN2O.ClH/c15-11-3-1-10(2-4-11)12-5-13(12)14(18)17-8-9-6-16-7-9;/h1-4,9,12-13,16H,5-8H2,(H,17,18);1H. The minimum Gasteiger partial charge on any atom is -0.355 e. The Bertz CT molecular complexity index is 447. The molecule has 0 aromatic heterocycles. The van der Waals surface area contributed by atoms with E-state index in [0.29, 0.717) is 5.92 Å². The van der Waals surface area contributed by atoms with Crippen LogP contribution in [-0.2, 0) is 4.79 Å². The summed E-state index contributed by atoms with van der Waals surface area (Å²) in [5.41, 5.74) is 1.07. The number of carbonyl (C=O) groups is 1. The van der Waals surface area contributed by atoms with Crippen LogP contribution in [0.25, 0.3) is 0 Å². The van der Waals surface area contributed by atoms with Gasteiger partial charge in [-0.25, -0.2) is 4.39 Å². The van der Waals surface area contributed by atoms with Gasteiger partial charge in [0, 0.05) is 31.5 Å². The van der Waals surface area contributed by atoms with Crippen molar-refractivity contribution >= 4 is 18.3 Å². The van der Waals surface area contributed by atoms with Gasteiger partial charge in [0.15, 0.2) is 0 Å². The third-order valence-corrected chi connectivity index (χ3v) is 3.86. The van der Waals surface area contributed by atoms with Crippen LogP contribution in [0.1, 0.15) is 17.9 Å². The normalized spacial score (nSPS) is 25.1. The van der Waals surface area contributed by atoms with Gasteiger partial charge in [-0.1, -0.05) is 12.1 Å². The van der Waals surface area contributed by atoms with E-state index in [-0.39, 0.29) is 36.0 Å². The van der Waals surface area contributed by atoms with Gasteiger partial charge in [0.05, 0.1) is 0 Å². The van der Waals surface area contributed by atoms with Crippen molar-refractivity contribution in [2.45, 2.75) is 12.3 Å². The molecule has 1 aromatic rings. The first kappa shape index (κ1) is 14.3. The van der Waals surface area contributed by atoms with Gasteiger partial charge in [0.2, 0.25) is 5.91 Å². The second kappa shape index (κ2) is 5.88. The van der Waals surface area contributed by atoms with Crippen LogP contribution in [-0.4, -0.2) is 25.5 Å². The monoisotopic (exact) mass is 284 g/mol. The van der Waals surface area contributed by atoms with E-state index in [1.165, 1.54) is 12.1 Å². The fourth-order valence-electron chi connectivity index (χ4n) is 2.43. The zero-order chi connectivity index (χ0) is 12.5. The Kier molecular flexibility index (Phi) is 4.42. The van der Waals surface area contributed by atoms with Crippen LogP contribution in [0.15, 0.2) is 24.3 Å². The molecule has 3 nitrogen and oxygen atoms in total. The fraction of sp³-hybridized carbons (Fsp3) is 0.500. The number of carbonyl (C=O) groups excluding carboxylic acids is 1. The molecule has 2 atom stereocenters. The molecule has 2 unspecified atom stereocenters. The molecule has 1 aliphatic heterocycles. The lowest BCUT2D eigenvalue weighted by Gasteiger charge is -2.27. The highest BCUT2D eigenvalue weighted by molar-refractivity contribution is 5.85. The quantitative estimate of drug-likeness (QED) is 0.883. The summed E-state index contributed by atoms with van der Waals surface area (Å²) in [6.07, 6.45) is 0.889. The van der Waals surface area contributed by atoms with E-state index >= 15 is 0 Å². The molecule has 1 heterocycles. The smallest absolute Gasteiger partial charge is 0.223 e. The molecular weight excluding hydrogens is 267 g/mol. The fourth-order valence-corrected chi connectivity index (χ4v) is 2.43. The van der Waals surface area contributed by atoms with Crippen molar-refractivity contribution in [3.8, 4) is 0 Å². The Labute approximate surface area is 118 Å². The minimum atomic E-state index is -0.224. The van der Waals surface area contributed by atoms with Crippen LogP contribution >= 0.6 is 12.4 Å². The van der Waals surface area contributed by atoms with Crippen LogP contribution in [0.3, 0.4) is 0 Å². The zero-order valence-corrected chi connectivity index (χ0v) is 11.4. The topological polar surface area (TPSA) is 41.1 Å². The van der Waals surface area contributed by atoms with Gasteiger partial charge >= 0.3 is 0 Å². The van der Waals surface area contributed by atoms with Crippen molar-refractivity contribution in [1.29, 1.82) is 0 Å². The predicted octanol–water partition coefficient (Wildman–Crippen LogP) is 1.69. The number of nitrogens with one attached hydrogen (secondary N) is 2. The third-order valence-electron chi connectivity index (χ3n) is 3.86. The van der Waals surface area contributed by atoms with Gasteiger partial charge in [-0.3, -0.25) is 4.79 Å². The molecule has 1 saturated heterocycles. The van der Waals surface area contributed by atoms with Crippen LogP contribution in [0.4, 0.5) is 4.39 Å². The summed E-state index contributed by atoms with van der Waals surface area (Å²) in [4.78, 5) is 11.9. The Balaban J connectivity index is 0.00000133. The molecule has 2 N–H and O–H groups in total. The summed E-state index contributed by atoms with van der Waals surface area (Å²) >= 11 is 0. The highest BCUT2D eigenvalue weighted by Gasteiger charge is 2.43. The Morgan fingerprint density at radius 1 is 1.32 bits per heavy atom. The number of benzene rings is 1. The van der Waals surface area contributed by atoms with E-state index in [0.717, 1.165) is 31.6 Å². The maximum Gasteiger partial charge on any atom is 0.223 e. The molecule has 19 heavy (non-hydrogen) atoms. The van der Waals surface area contributed by atoms with E-state index in [1.807, 2.05) is 0 Å². The maximum absolute atomic E-state index is 12.8. The number of hydrogen-bond acceptors (Lipinski definition) is 2. The van der Waals surface area contributed by atoms with Crippen LogP contribution in [0.5, 0.6) is 0 Å². The van der Waals surface area contributed by atoms with E-state index in [1.54, 1.807) is 12.1 Å². The van der Waals surface area contributed by atoms with Crippen molar-refractivity contribution in [2.24, 2.45) is 11.8 Å². The lowest BCUT2D eigenvalue weighted by molar-refractivity contribution is -0.122. The van der Waals surface area contributed by atoms with Gasteiger partial charge in [-0.15, -0.1) is 12.4 Å². The van der Waals surface area contributed by atoms with Crippen LogP contribution < -0.4 is 10.6 Å². The van der Waals surface area contributed by atoms with E-state index in [4.69, 9.17) is 0 Å². The molecule has 0 spiro atoms. The Hall–Kier alpha value is -1.13. The largest absolute Gasteiger partial charge is 0.355 e. The summed E-state index contributed by atoms with van der Waals surface area (Å²) in [5.74, 6) is 0.889. The summed E-state index contributed by atoms with van der Waals surface area (Å²) < 4.78 is 12.8. The minimum absolute atomic E-state index is 0. The van der Waals surface area contributed by atoms with Gasteiger partial charge < -0.3 is 10.6 Å². The average Bonchev–Trinajstić information content (AvgIpc) is 3.08. The van der Waals surface area contributed by atoms with Crippen LogP contribution in [0, 0.1) is 17.7 Å². The first-order chi connectivity index (χ1) is 8.74. The first-order valence-electron chi connectivity index (χ1n) is 6.48. The molecule has 5 heteroatoms. The van der Waals surface area contributed by atoms with Crippen molar-refractivity contribution in [2.75, 3.05) is 19.6 Å². The van der Waals surface area contributed by atoms with Crippen molar-refractivity contribution in [1.82, 2.24) is 10.6 Å². The summed E-state index contributed by atoms with van der Waals surface area (Å²) in [6, 6.07) is 6.48. The highest BCUT2D eigenvalue weighted by Crippen LogP contribution is 2.47. The molecule has 0 bridgehead atoms. The van der Waals surface area contributed by atoms with Crippen molar-refractivity contribution in [3.05, 3.63) is 35.6 Å². The molecule has 1 aliphatic carbocycles. The number of amides is 1. The second-order valence-electron chi connectivity index (χ2n) is 5.27. The number of hydrogen-bond donors (Lipinski definition) is 2. The molecular formula is C14H18ClFN2O. The summed E-state index contributed by atoms with van der Waals surface area (Å²) in [7, 11) is 0. The molecule has 1 aromatic carbocycles. The van der Waals surface area contributed by atoms with E-state index in [9.17, 15) is 9.18 Å². The third kappa shape index (κ3) is 3.25. The van der Waals surface area contributed by atoms with Gasteiger partial charge in [0.1, 0.15) is 5.82 Å². The number of halogens is 2. The first-order valence-corrected chi connectivity index (χ1v) is 6.48. The van der Waals surface area contributed by atoms with Gasteiger partial charge in [-0.2, -0.15) is 0 Å². The summed E-state index contributed by atoms with van der Waals surface area (Å²) in [6.45, 7) is 2.79. The van der Waals surface area contributed by atoms with Crippen LogP contribution in [0.2, 0.25) is 0 Å². The Morgan fingerprint density at radius 3 is 2.58 bits per heavy atom. The molecule has 2 fully saturated rings. The molecule has 3 rings (SSSR count). The van der Waals surface area contributed by atoms with Gasteiger partial charge in [0.25, 0.3) is 0 Å². The SMILES string of the molecule is Cl.O=C(NCC1CNC1)C1CC1c1ccc(F)cc1. The lowest BCUT2D eigenvalue weighted by Crippen LogP contribution is -2.48. The maximum atomic E-state index is 12.8. The van der Waals surface area contributed by atoms with Gasteiger partial charge in [-0.05, 0) is 30.0 Å². The van der Waals surface area contributed by atoms with E-state index in [2.05, 4.69) is 10.6 Å². The molecule has 0 radical (unpaired) electrons. The van der Waals surface area contributed by atoms with Crippen molar-refractivity contribution < 1.29 is 9.18 Å². The molecule has 2 aliphatic rings. The Morgan fingerprint density at radius 2 is 2.00 bits per heavy atom. The number of rotatable bonds is 4. The molecule has 1 saturated carbocycles. The lowest BCUT2D eigenvalue weighted by atomic mass is 10.0. The highest BCUT2D eigenvalue weighted by atomic mass is 35.5. The zero-order valence-electron chi connectivity index (χ0n) is 10.6. The van der Waals surface area contributed by atoms with E-state index < -0.39 is 0 Å².